The van der Waals surface area contributed by atoms with Crippen molar-refractivity contribution in [2.45, 2.75) is 55.6 Å². The fourth-order valence-electron chi connectivity index (χ4n) is 6.41. The number of fused-ring (bicyclic) bond motifs is 1. The van der Waals surface area contributed by atoms with E-state index >= 15 is 0 Å². The Labute approximate surface area is 270 Å². The van der Waals surface area contributed by atoms with Crippen LogP contribution in [0.3, 0.4) is 0 Å². The predicted molar refractivity (Wildman–Crippen MR) is 168 cm³/mol. The Hall–Kier alpha value is -3.82. The zero-order valence-corrected chi connectivity index (χ0v) is 27.6. The first-order valence-electron chi connectivity index (χ1n) is 14.9. The van der Waals surface area contributed by atoms with Crippen LogP contribution in [0.2, 0.25) is 0 Å². The van der Waals surface area contributed by atoms with Gasteiger partial charge in [0.15, 0.2) is 0 Å². The first-order valence-corrected chi connectivity index (χ1v) is 17.1. The standard InChI is InChI=1S/C31H36F2N6O5S2/c1-31(32,33)22-9-11-38(27(13-22)21-16-35-37(2)17-21)26-10-12-44-29-15-24(7-8-25(26)29)46(40,41)39(30-34-19-36-45-30)18-20-5-6-23(42-3)14-28(20)43-4/h5-8,14-17,19,22,26-27H,9-13,18H2,1-4H3/t22-,26+,27+/m1/s1. The van der Waals surface area contributed by atoms with E-state index in [0.717, 1.165) is 29.6 Å². The number of piperidine rings is 1. The predicted octanol–water partition coefficient (Wildman–Crippen LogP) is 5.62. The van der Waals surface area contributed by atoms with Crippen molar-refractivity contribution in [3.8, 4) is 17.2 Å². The number of nitrogens with zero attached hydrogens (tertiary/aromatic N) is 6. The highest BCUT2D eigenvalue weighted by molar-refractivity contribution is 7.93. The molecule has 4 aromatic rings. The maximum Gasteiger partial charge on any atom is 0.266 e. The lowest BCUT2D eigenvalue weighted by atomic mass is 9.82. The molecular formula is C31H36F2N6O5S2. The monoisotopic (exact) mass is 674 g/mol. The highest BCUT2D eigenvalue weighted by Crippen LogP contribution is 2.48. The van der Waals surface area contributed by atoms with Crippen molar-refractivity contribution < 1.29 is 31.4 Å². The van der Waals surface area contributed by atoms with Gasteiger partial charge >= 0.3 is 0 Å². The van der Waals surface area contributed by atoms with Gasteiger partial charge in [0.25, 0.3) is 10.0 Å². The molecule has 2 aliphatic heterocycles. The molecule has 0 bridgehead atoms. The maximum atomic E-state index is 14.5. The summed E-state index contributed by atoms with van der Waals surface area (Å²) in [5.41, 5.74) is 2.31. The number of sulfonamides is 1. The van der Waals surface area contributed by atoms with Crippen LogP contribution in [0.5, 0.6) is 17.2 Å². The van der Waals surface area contributed by atoms with E-state index in [-0.39, 0.29) is 28.7 Å². The van der Waals surface area contributed by atoms with E-state index in [2.05, 4.69) is 19.4 Å². The number of hydrogen-bond acceptors (Lipinski definition) is 10. The van der Waals surface area contributed by atoms with Crippen molar-refractivity contribution in [3.05, 3.63) is 71.8 Å². The normalized spacial score (nSPS) is 20.5. The second kappa shape index (κ2) is 12.8. The van der Waals surface area contributed by atoms with Gasteiger partial charge < -0.3 is 14.2 Å². The van der Waals surface area contributed by atoms with E-state index in [1.54, 1.807) is 54.4 Å². The lowest BCUT2D eigenvalue weighted by molar-refractivity contribution is -0.0827. The average molecular weight is 675 g/mol. The summed E-state index contributed by atoms with van der Waals surface area (Å²) in [6.07, 6.45) is 6.21. The minimum absolute atomic E-state index is 0.0303. The molecule has 2 aliphatic rings. The molecule has 0 amide bonds. The SMILES string of the molecule is COc1ccc(CN(c2ncns2)S(=O)(=O)c2ccc3c(c2)OCC[C@@H]3N2CC[C@@H](C(C)(F)F)C[C@H]2c2cnn(C)c2)c(OC)c1. The van der Waals surface area contributed by atoms with E-state index in [9.17, 15) is 17.2 Å². The Morgan fingerprint density at radius 2 is 1.96 bits per heavy atom. The van der Waals surface area contributed by atoms with Gasteiger partial charge in [-0.25, -0.2) is 26.5 Å². The molecular weight excluding hydrogens is 639 g/mol. The number of aryl methyl sites for hydroxylation is 1. The lowest BCUT2D eigenvalue weighted by Crippen LogP contribution is -2.44. The van der Waals surface area contributed by atoms with Crippen LogP contribution in [0, 0.1) is 5.92 Å². The zero-order chi connectivity index (χ0) is 32.6. The summed E-state index contributed by atoms with van der Waals surface area (Å²) < 4.78 is 81.3. The first-order chi connectivity index (χ1) is 22.0. The number of halogens is 2. The summed E-state index contributed by atoms with van der Waals surface area (Å²) in [6, 6.07) is 9.64. The van der Waals surface area contributed by atoms with Crippen LogP contribution in [-0.2, 0) is 23.6 Å². The zero-order valence-electron chi connectivity index (χ0n) is 26.0. The number of methoxy groups -OCH3 is 2. The van der Waals surface area contributed by atoms with Crippen molar-refractivity contribution in [1.82, 2.24) is 24.0 Å². The van der Waals surface area contributed by atoms with Gasteiger partial charge in [-0.15, -0.1) is 0 Å². The molecule has 15 heteroatoms. The first kappa shape index (κ1) is 32.1. The van der Waals surface area contributed by atoms with Crippen LogP contribution in [0.4, 0.5) is 13.9 Å². The van der Waals surface area contributed by atoms with Crippen molar-refractivity contribution in [2.24, 2.45) is 13.0 Å². The van der Waals surface area contributed by atoms with Gasteiger partial charge in [0.2, 0.25) is 11.1 Å². The fourth-order valence-corrected chi connectivity index (χ4v) is 8.55. The summed E-state index contributed by atoms with van der Waals surface area (Å²) in [5, 5.41) is 4.51. The number of anilines is 1. The second-order valence-corrected chi connectivity index (χ2v) is 14.3. The van der Waals surface area contributed by atoms with Crippen molar-refractivity contribution in [3.63, 3.8) is 0 Å². The van der Waals surface area contributed by atoms with E-state index in [4.69, 9.17) is 14.2 Å². The molecule has 1 saturated heterocycles. The molecule has 0 radical (unpaired) electrons. The van der Waals surface area contributed by atoms with Gasteiger partial charge in [-0.2, -0.15) is 9.47 Å². The Balaban J connectivity index is 1.33. The number of rotatable bonds is 10. The fraction of sp³-hybridized carbons (Fsp3) is 0.452. The number of aromatic nitrogens is 4. The molecule has 1 fully saturated rings. The third kappa shape index (κ3) is 6.27. The number of ether oxygens (including phenoxy) is 3. The van der Waals surface area contributed by atoms with Crippen LogP contribution in [0.15, 0.2) is 60.0 Å². The van der Waals surface area contributed by atoms with Crippen LogP contribution >= 0.6 is 11.5 Å². The Bertz CT molecular complexity index is 1780. The highest BCUT2D eigenvalue weighted by Gasteiger charge is 2.44. The second-order valence-electron chi connectivity index (χ2n) is 11.6. The Morgan fingerprint density at radius 1 is 1.13 bits per heavy atom. The van der Waals surface area contributed by atoms with Gasteiger partial charge in [0.1, 0.15) is 23.6 Å². The Morgan fingerprint density at radius 3 is 2.63 bits per heavy atom. The van der Waals surface area contributed by atoms with Gasteiger partial charge in [0.05, 0.1) is 38.5 Å². The van der Waals surface area contributed by atoms with Crippen molar-refractivity contribution in [2.75, 3.05) is 31.7 Å². The highest BCUT2D eigenvalue weighted by atomic mass is 32.2. The molecule has 0 saturated carbocycles. The van der Waals surface area contributed by atoms with E-state index in [1.165, 1.54) is 17.7 Å². The van der Waals surface area contributed by atoms with Crippen molar-refractivity contribution >= 4 is 26.7 Å². The van der Waals surface area contributed by atoms with E-state index in [0.29, 0.717) is 55.2 Å². The molecule has 2 aromatic carbocycles. The smallest absolute Gasteiger partial charge is 0.266 e. The maximum absolute atomic E-state index is 14.5. The molecule has 3 atom stereocenters. The van der Waals surface area contributed by atoms with Gasteiger partial charge in [-0.3, -0.25) is 9.58 Å². The number of alkyl halides is 2. The van der Waals surface area contributed by atoms with Crippen LogP contribution in [0.25, 0.3) is 0 Å². The summed E-state index contributed by atoms with van der Waals surface area (Å²) in [7, 11) is 0.713. The quantitative estimate of drug-likeness (QED) is 0.212. The summed E-state index contributed by atoms with van der Waals surface area (Å²) >= 11 is 0.965. The number of benzene rings is 2. The molecule has 46 heavy (non-hydrogen) atoms. The molecule has 11 nitrogen and oxygen atoms in total. The topological polar surface area (TPSA) is 112 Å². The number of likely N-dealkylation sites (tertiary alicyclic amines) is 1. The van der Waals surface area contributed by atoms with Crippen LogP contribution in [-0.4, -0.2) is 65.7 Å². The summed E-state index contributed by atoms with van der Waals surface area (Å²) in [6.45, 7) is 1.75. The third-order valence-electron chi connectivity index (χ3n) is 8.82. The van der Waals surface area contributed by atoms with E-state index < -0.39 is 21.9 Å². The van der Waals surface area contributed by atoms with Gasteiger partial charge in [-0.05, 0) is 44.5 Å². The molecule has 2 aromatic heterocycles. The molecule has 6 rings (SSSR count). The van der Waals surface area contributed by atoms with Gasteiger partial charge in [0, 0.05) is 78.0 Å². The lowest BCUT2D eigenvalue weighted by Gasteiger charge is -2.46. The average Bonchev–Trinajstić information content (AvgIpc) is 3.74. The number of hydrogen-bond donors (Lipinski definition) is 0. The van der Waals surface area contributed by atoms with E-state index in [1.807, 2.05) is 13.2 Å². The van der Waals surface area contributed by atoms with Gasteiger partial charge in [-0.1, -0.05) is 6.07 Å². The molecule has 0 unspecified atom stereocenters. The minimum Gasteiger partial charge on any atom is -0.497 e. The summed E-state index contributed by atoms with van der Waals surface area (Å²) in [5.74, 6) is -2.06. The molecule has 246 valence electrons. The summed E-state index contributed by atoms with van der Waals surface area (Å²) in [4.78, 5) is 6.49. The molecule has 0 N–H and O–H groups in total. The van der Waals surface area contributed by atoms with Crippen LogP contribution < -0.4 is 18.5 Å². The minimum atomic E-state index is -4.15. The van der Waals surface area contributed by atoms with Crippen molar-refractivity contribution in [1.29, 1.82) is 0 Å². The molecule has 4 heterocycles. The molecule has 0 spiro atoms. The molecule has 0 aliphatic carbocycles. The third-order valence-corrected chi connectivity index (χ3v) is 11.4. The Kier molecular flexibility index (Phi) is 8.91. The largest absolute Gasteiger partial charge is 0.497 e. The van der Waals surface area contributed by atoms with Crippen LogP contribution in [0.1, 0.15) is 55.0 Å².